The summed E-state index contributed by atoms with van der Waals surface area (Å²) in [6.07, 6.45) is 6.37. The summed E-state index contributed by atoms with van der Waals surface area (Å²) in [7, 11) is -1.56. The molecule has 16 heavy (non-hydrogen) atoms. The van der Waals surface area contributed by atoms with Gasteiger partial charge in [0.2, 0.25) is 0 Å². The molecule has 0 saturated carbocycles. The van der Waals surface area contributed by atoms with Crippen LogP contribution in [0.1, 0.15) is 41.0 Å². The minimum absolute atomic E-state index is 0. The van der Waals surface area contributed by atoms with Gasteiger partial charge in [0.15, 0.2) is 8.32 Å². The van der Waals surface area contributed by atoms with E-state index in [0.717, 1.165) is 13.0 Å². The van der Waals surface area contributed by atoms with Gasteiger partial charge in [-0.1, -0.05) is 34.1 Å². The zero-order valence-corrected chi connectivity index (χ0v) is 13.5. The van der Waals surface area contributed by atoms with Crippen molar-refractivity contribution < 1.29 is 23.3 Å². The Morgan fingerprint density at radius 2 is 1.81 bits per heavy atom. The van der Waals surface area contributed by atoms with E-state index in [4.69, 9.17) is 4.43 Å². The molecule has 1 nitrogen and oxygen atoms in total. The third-order valence-corrected chi connectivity index (χ3v) is 7.89. The molecular formula is C13H27LiOSi. The largest absolute Gasteiger partial charge is 1.00 e. The molecule has 0 aliphatic heterocycles. The van der Waals surface area contributed by atoms with Crippen LogP contribution in [0.25, 0.3) is 0 Å². The molecule has 0 radical (unpaired) electrons. The first kappa shape index (κ1) is 18.9. The molecule has 0 aromatic carbocycles. The normalized spacial score (nSPS) is 14.9. The molecule has 3 heteroatoms. The van der Waals surface area contributed by atoms with Crippen LogP contribution < -0.4 is 18.9 Å². The predicted octanol–water partition coefficient (Wildman–Crippen LogP) is 1.42. The van der Waals surface area contributed by atoms with Gasteiger partial charge in [0, 0.05) is 6.61 Å². The molecule has 0 rings (SSSR count). The summed E-state index contributed by atoms with van der Waals surface area (Å²) in [6, 6.07) is 0. The average Bonchev–Trinajstić information content (AvgIpc) is 2.10. The fourth-order valence-electron chi connectivity index (χ4n) is 1.05. The number of allylic oxidation sites excluding steroid dienone is 1. The van der Waals surface area contributed by atoms with E-state index in [-0.39, 0.29) is 18.9 Å². The van der Waals surface area contributed by atoms with Gasteiger partial charge in [-0.05, 0) is 24.1 Å². The Morgan fingerprint density at radius 1 is 1.31 bits per heavy atom. The van der Waals surface area contributed by atoms with E-state index < -0.39 is 8.32 Å². The van der Waals surface area contributed by atoms with E-state index in [1.165, 1.54) is 0 Å². The number of hydrogen-bond donors (Lipinski definition) is 0. The van der Waals surface area contributed by atoms with E-state index >= 15 is 0 Å². The molecule has 0 aliphatic carbocycles. The summed E-state index contributed by atoms with van der Waals surface area (Å²) in [5.74, 6) is 0.532. The molecule has 0 saturated heterocycles. The molecule has 90 valence electrons. The fourth-order valence-corrected chi connectivity index (χ4v) is 2.12. The van der Waals surface area contributed by atoms with Gasteiger partial charge in [0.1, 0.15) is 0 Å². The van der Waals surface area contributed by atoms with E-state index in [1.54, 1.807) is 0 Å². The van der Waals surface area contributed by atoms with Crippen LogP contribution in [-0.2, 0) is 4.43 Å². The number of hydrogen-bond acceptors (Lipinski definition) is 1. The third-order valence-electron chi connectivity index (χ3n) is 3.39. The summed E-state index contributed by atoms with van der Waals surface area (Å²) >= 11 is 0. The molecule has 1 atom stereocenters. The molecule has 0 unspecified atom stereocenters. The quantitative estimate of drug-likeness (QED) is 0.516. The summed E-state index contributed by atoms with van der Waals surface area (Å²) < 4.78 is 6.17. The molecule has 0 amide bonds. The van der Waals surface area contributed by atoms with Crippen molar-refractivity contribution in [1.29, 1.82) is 0 Å². The number of rotatable bonds is 5. The average molecular weight is 234 g/mol. The van der Waals surface area contributed by atoms with Crippen LogP contribution in [0.4, 0.5) is 0 Å². The van der Waals surface area contributed by atoms with Gasteiger partial charge >= 0.3 is 18.9 Å². The predicted molar refractivity (Wildman–Crippen MR) is 70.4 cm³/mol. The van der Waals surface area contributed by atoms with Gasteiger partial charge < -0.3 is 10.5 Å². The Kier molecular flexibility index (Phi) is 9.16. The molecule has 0 aliphatic rings. The first-order valence-corrected chi connectivity index (χ1v) is 8.80. The van der Waals surface area contributed by atoms with Crippen molar-refractivity contribution in [2.75, 3.05) is 6.61 Å². The molecule has 0 aromatic heterocycles. The molecule has 0 bridgehead atoms. The second-order valence-electron chi connectivity index (χ2n) is 5.69. The van der Waals surface area contributed by atoms with Gasteiger partial charge in [0.05, 0.1) is 0 Å². The fraction of sp³-hybridized carbons (Fsp3) is 0.846. The Labute approximate surface area is 115 Å². The van der Waals surface area contributed by atoms with Crippen molar-refractivity contribution in [3.05, 3.63) is 12.2 Å². The minimum atomic E-state index is -1.56. The third kappa shape index (κ3) is 6.30. The Morgan fingerprint density at radius 3 is 2.12 bits per heavy atom. The van der Waals surface area contributed by atoms with E-state index in [2.05, 4.69) is 52.9 Å². The van der Waals surface area contributed by atoms with Crippen molar-refractivity contribution >= 4 is 8.32 Å². The Hall–Kier alpha value is 0.514. The maximum Gasteiger partial charge on any atom is 1.00 e. The zero-order chi connectivity index (χ0) is 12.1. The Bertz CT molecular complexity index is 206. The van der Waals surface area contributed by atoms with Crippen molar-refractivity contribution in [3.8, 4) is 0 Å². The standard InChI is InChI=1S/C13H27OSi.Li/c1-8-10-12(9-2)11-14-15(6,7)13(3,4)5;/h10,12H,9,11H2,1-7H3;/q-1;+1/t12-;/m1./s1. The van der Waals surface area contributed by atoms with Crippen LogP contribution in [0.5, 0.6) is 0 Å². The second kappa shape index (κ2) is 7.77. The van der Waals surface area contributed by atoms with Crippen LogP contribution >= 0.6 is 0 Å². The summed E-state index contributed by atoms with van der Waals surface area (Å²) in [4.78, 5) is 0. The van der Waals surface area contributed by atoms with Gasteiger partial charge in [-0.3, -0.25) is 6.08 Å². The minimum Gasteiger partial charge on any atom is -0.503 e. The van der Waals surface area contributed by atoms with Crippen molar-refractivity contribution in [2.24, 2.45) is 5.92 Å². The molecule has 0 heterocycles. The topological polar surface area (TPSA) is 9.23 Å². The summed E-state index contributed by atoms with van der Waals surface area (Å²) in [5.41, 5.74) is 0. The van der Waals surface area contributed by atoms with E-state index in [9.17, 15) is 0 Å². The van der Waals surface area contributed by atoms with Gasteiger partial charge in [-0.25, -0.2) is 0 Å². The first-order chi connectivity index (χ1) is 6.74. The van der Waals surface area contributed by atoms with Gasteiger partial charge in [-0.2, -0.15) is 6.92 Å². The van der Waals surface area contributed by atoms with E-state index in [1.807, 2.05) is 6.92 Å². The molecular weight excluding hydrogens is 207 g/mol. The zero-order valence-electron chi connectivity index (χ0n) is 12.5. The van der Waals surface area contributed by atoms with Crippen molar-refractivity contribution in [1.82, 2.24) is 0 Å². The maximum atomic E-state index is 6.17. The molecule has 0 N–H and O–H groups in total. The van der Waals surface area contributed by atoms with Crippen LogP contribution in [-0.4, -0.2) is 14.9 Å². The van der Waals surface area contributed by atoms with E-state index in [0.29, 0.717) is 11.0 Å². The van der Waals surface area contributed by atoms with Gasteiger partial charge in [0.25, 0.3) is 0 Å². The van der Waals surface area contributed by atoms with Crippen molar-refractivity contribution in [3.63, 3.8) is 0 Å². The van der Waals surface area contributed by atoms with Crippen LogP contribution in [0.15, 0.2) is 6.08 Å². The second-order valence-corrected chi connectivity index (χ2v) is 10.5. The molecule has 0 spiro atoms. The van der Waals surface area contributed by atoms with Crippen molar-refractivity contribution in [2.45, 2.75) is 59.2 Å². The SMILES string of the molecule is C[C-]=C[C@@H](CC)CO[Si](C)(C)C(C)(C)C.[Li+]. The van der Waals surface area contributed by atoms with Crippen LogP contribution in [0.2, 0.25) is 18.1 Å². The summed E-state index contributed by atoms with van der Waals surface area (Å²) in [5, 5.41) is 0.310. The van der Waals surface area contributed by atoms with Gasteiger partial charge in [-0.15, -0.1) is 0 Å². The Balaban J connectivity index is 0. The summed E-state index contributed by atoms with van der Waals surface area (Å²) in [6.45, 7) is 16.5. The molecule has 0 fully saturated rings. The smallest absolute Gasteiger partial charge is 0.503 e. The maximum absolute atomic E-state index is 6.17. The molecule has 0 aromatic rings. The van der Waals surface area contributed by atoms with Crippen LogP contribution in [0, 0.1) is 12.0 Å². The first-order valence-electron chi connectivity index (χ1n) is 5.89. The van der Waals surface area contributed by atoms with Crippen LogP contribution in [0.3, 0.4) is 0 Å². The monoisotopic (exact) mass is 234 g/mol.